The van der Waals surface area contributed by atoms with Crippen molar-refractivity contribution in [2.24, 2.45) is 0 Å². The molecule has 0 radical (unpaired) electrons. The first-order valence-electron chi connectivity index (χ1n) is 9.70. The molecule has 31 heavy (non-hydrogen) atoms. The number of rotatable bonds is 8. The van der Waals surface area contributed by atoms with Gasteiger partial charge >= 0.3 is 0 Å². The predicted octanol–water partition coefficient (Wildman–Crippen LogP) is 4.45. The predicted molar refractivity (Wildman–Crippen MR) is 123 cm³/mol. The van der Waals surface area contributed by atoms with Crippen molar-refractivity contribution in [3.8, 4) is 11.4 Å². The van der Waals surface area contributed by atoms with Crippen LogP contribution in [0.3, 0.4) is 0 Å². The molecule has 2 aromatic heterocycles. The minimum Gasteiger partial charge on any atom is -0.351 e. The summed E-state index contributed by atoms with van der Waals surface area (Å²) in [6, 6.07) is 21.3. The van der Waals surface area contributed by atoms with Crippen LogP contribution in [-0.2, 0) is 17.9 Å². The van der Waals surface area contributed by atoms with E-state index in [1.165, 1.54) is 11.8 Å². The van der Waals surface area contributed by atoms with Crippen LogP contribution in [0.15, 0.2) is 84.3 Å². The van der Waals surface area contributed by atoms with Crippen molar-refractivity contribution < 1.29 is 4.79 Å². The second-order valence-corrected chi connectivity index (χ2v) is 8.19. The van der Waals surface area contributed by atoms with Gasteiger partial charge in [0.25, 0.3) is 0 Å². The Balaban J connectivity index is 1.47. The highest BCUT2D eigenvalue weighted by Gasteiger charge is 2.16. The monoisotopic (exact) mass is 449 g/mol. The second-order valence-electron chi connectivity index (χ2n) is 6.81. The van der Waals surface area contributed by atoms with E-state index < -0.39 is 0 Å². The van der Waals surface area contributed by atoms with Gasteiger partial charge in [0.05, 0.1) is 12.3 Å². The van der Waals surface area contributed by atoms with E-state index in [0.717, 1.165) is 22.5 Å². The van der Waals surface area contributed by atoms with Crippen molar-refractivity contribution in [1.29, 1.82) is 0 Å². The van der Waals surface area contributed by atoms with Gasteiger partial charge in [0.2, 0.25) is 5.91 Å². The molecule has 156 valence electrons. The van der Waals surface area contributed by atoms with E-state index in [4.69, 9.17) is 11.6 Å². The van der Waals surface area contributed by atoms with Gasteiger partial charge in [0.1, 0.15) is 0 Å². The Bertz CT molecular complexity index is 1150. The number of carbonyl (C=O) groups is 1. The molecule has 0 unspecified atom stereocenters. The van der Waals surface area contributed by atoms with Crippen LogP contribution in [-0.4, -0.2) is 31.4 Å². The molecule has 0 atom stereocenters. The van der Waals surface area contributed by atoms with Crippen LogP contribution in [0.5, 0.6) is 0 Å². The third kappa shape index (κ3) is 5.71. The normalized spacial score (nSPS) is 10.7. The Labute approximate surface area is 189 Å². The Kier molecular flexibility index (Phi) is 6.96. The van der Waals surface area contributed by atoms with Gasteiger partial charge in [-0.1, -0.05) is 65.8 Å². The number of hydrogen-bond donors (Lipinski definition) is 1. The van der Waals surface area contributed by atoms with E-state index in [9.17, 15) is 4.79 Å². The molecule has 0 aliphatic carbocycles. The molecule has 1 N–H and O–H groups in total. The lowest BCUT2D eigenvalue weighted by Gasteiger charge is -2.10. The van der Waals surface area contributed by atoms with E-state index in [2.05, 4.69) is 32.6 Å². The topological polar surface area (TPSA) is 72.7 Å². The van der Waals surface area contributed by atoms with Crippen molar-refractivity contribution in [2.45, 2.75) is 18.2 Å². The number of halogens is 1. The average molecular weight is 450 g/mol. The fourth-order valence-corrected chi connectivity index (χ4v) is 4.02. The lowest BCUT2D eigenvalue weighted by Crippen LogP contribution is -2.24. The zero-order valence-corrected chi connectivity index (χ0v) is 18.2. The molecular formula is C23H20ClN5OS. The SMILES string of the molecule is O=C(CSc1nnc(-c2cccnc2)n1Cc1ccccc1)NCc1cccc(Cl)c1. The lowest BCUT2D eigenvalue weighted by molar-refractivity contribution is -0.118. The number of amides is 1. The Morgan fingerprint density at radius 2 is 1.84 bits per heavy atom. The molecule has 0 spiro atoms. The fraction of sp³-hybridized carbons (Fsp3) is 0.130. The fourth-order valence-electron chi connectivity index (χ4n) is 3.04. The van der Waals surface area contributed by atoms with Crippen molar-refractivity contribution in [3.63, 3.8) is 0 Å². The van der Waals surface area contributed by atoms with Crippen molar-refractivity contribution in [2.75, 3.05) is 5.75 Å². The molecule has 0 bridgehead atoms. The Morgan fingerprint density at radius 3 is 2.61 bits per heavy atom. The highest BCUT2D eigenvalue weighted by molar-refractivity contribution is 7.99. The van der Waals surface area contributed by atoms with Crippen molar-refractivity contribution in [3.05, 3.63) is 95.3 Å². The highest BCUT2D eigenvalue weighted by atomic mass is 35.5. The lowest BCUT2D eigenvalue weighted by atomic mass is 10.2. The van der Waals surface area contributed by atoms with Gasteiger partial charge in [-0.2, -0.15) is 0 Å². The molecular weight excluding hydrogens is 430 g/mol. The molecule has 0 aliphatic rings. The second kappa shape index (κ2) is 10.2. The summed E-state index contributed by atoms with van der Waals surface area (Å²) in [6.07, 6.45) is 3.49. The van der Waals surface area contributed by atoms with Gasteiger partial charge < -0.3 is 5.32 Å². The summed E-state index contributed by atoms with van der Waals surface area (Å²) in [5.74, 6) is 0.876. The number of nitrogens with one attached hydrogen (secondary N) is 1. The average Bonchev–Trinajstić information content (AvgIpc) is 3.20. The zero-order valence-electron chi connectivity index (χ0n) is 16.6. The number of nitrogens with zero attached hydrogens (tertiary/aromatic N) is 4. The van der Waals surface area contributed by atoms with Crippen LogP contribution in [0.4, 0.5) is 0 Å². The molecule has 2 heterocycles. The van der Waals surface area contributed by atoms with Crippen LogP contribution in [0.1, 0.15) is 11.1 Å². The van der Waals surface area contributed by atoms with E-state index in [0.29, 0.717) is 23.3 Å². The minimum absolute atomic E-state index is 0.0813. The standard InChI is InChI=1S/C23H20ClN5OS/c24-20-10-4-8-18(12-20)13-26-21(30)16-31-23-28-27-22(19-9-5-11-25-14-19)29(23)15-17-6-2-1-3-7-17/h1-12,14H,13,15-16H2,(H,26,30). The quantitative estimate of drug-likeness (QED) is 0.402. The number of thioether (sulfide) groups is 1. The summed E-state index contributed by atoms with van der Waals surface area (Å²) in [5, 5.41) is 13.0. The first-order chi connectivity index (χ1) is 15.2. The van der Waals surface area contributed by atoms with Gasteiger partial charge in [0, 0.05) is 29.5 Å². The van der Waals surface area contributed by atoms with E-state index in [1.54, 1.807) is 12.4 Å². The van der Waals surface area contributed by atoms with Crippen molar-refractivity contribution in [1.82, 2.24) is 25.1 Å². The summed E-state index contributed by atoms with van der Waals surface area (Å²) < 4.78 is 2.02. The summed E-state index contributed by atoms with van der Waals surface area (Å²) in [6.45, 7) is 1.03. The van der Waals surface area contributed by atoms with Crippen LogP contribution >= 0.6 is 23.4 Å². The van der Waals surface area contributed by atoms with E-state index in [1.807, 2.05) is 59.2 Å². The first kappa shape index (κ1) is 21.1. The van der Waals surface area contributed by atoms with Gasteiger partial charge in [-0.3, -0.25) is 14.3 Å². The molecule has 4 rings (SSSR count). The van der Waals surface area contributed by atoms with Crippen molar-refractivity contribution >= 4 is 29.3 Å². The third-order valence-electron chi connectivity index (χ3n) is 4.53. The highest BCUT2D eigenvalue weighted by Crippen LogP contribution is 2.24. The van der Waals surface area contributed by atoms with Crippen LogP contribution in [0, 0.1) is 0 Å². The zero-order chi connectivity index (χ0) is 21.5. The summed E-state index contributed by atoms with van der Waals surface area (Å²) in [5.41, 5.74) is 2.96. The molecule has 1 amide bonds. The Morgan fingerprint density at radius 1 is 1.00 bits per heavy atom. The maximum atomic E-state index is 12.4. The molecule has 0 saturated heterocycles. The van der Waals surface area contributed by atoms with Crippen LogP contribution < -0.4 is 5.32 Å². The minimum atomic E-state index is -0.0813. The van der Waals surface area contributed by atoms with E-state index >= 15 is 0 Å². The molecule has 4 aromatic rings. The van der Waals surface area contributed by atoms with E-state index in [-0.39, 0.29) is 11.7 Å². The maximum Gasteiger partial charge on any atom is 0.230 e. The molecule has 0 aliphatic heterocycles. The Hall–Kier alpha value is -3.16. The summed E-state index contributed by atoms with van der Waals surface area (Å²) in [7, 11) is 0. The third-order valence-corrected chi connectivity index (χ3v) is 5.73. The van der Waals surface area contributed by atoms with Gasteiger partial charge in [-0.25, -0.2) is 0 Å². The number of hydrogen-bond acceptors (Lipinski definition) is 5. The van der Waals surface area contributed by atoms with Gasteiger partial charge in [0.15, 0.2) is 11.0 Å². The van der Waals surface area contributed by atoms with Gasteiger partial charge in [-0.05, 0) is 35.4 Å². The maximum absolute atomic E-state index is 12.4. The molecule has 6 nitrogen and oxygen atoms in total. The number of carbonyl (C=O) groups excluding carboxylic acids is 1. The summed E-state index contributed by atoms with van der Waals surface area (Å²) in [4.78, 5) is 16.6. The smallest absolute Gasteiger partial charge is 0.230 e. The summed E-state index contributed by atoms with van der Waals surface area (Å²) >= 11 is 7.36. The number of benzene rings is 2. The van der Waals surface area contributed by atoms with Gasteiger partial charge in [-0.15, -0.1) is 10.2 Å². The molecule has 2 aromatic carbocycles. The van der Waals surface area contributed by atoms with Crippen LogP contribution in [0.2, 0.25) is 5.02 Å². The number of aromatic nitrogens is 4. The molecule has 0 saturated carbocycles. The largest absolute Gasteiger partial charge is 0.351 e. The van der Waals surface area contributed by atoms with Crippen LogP contribution in [0.25, 0.3) is 11.4 Å². The molecule has 8 heteroatoms. The first-order valence-corrected chi connectivity index (χ1v) is 11.1. The number of pyridine rings is 1. The molecule has 0 fully saturated rings.